The predicted octanol–water partition coefficient (Wildman–Crippen LogP) is 2.12. The topological polar surface area (TPSA) is 65.6 Å². The van der Waals surface area contributed by atoms with Crippen LogP contribution in [0.2, 0.25) is 0 Å². The maximum absolute atomic E-state index is 13.0. The molecule has 1 aromatic heterocycles. The molecule has 1 aromatic carbocycles. The van der Waals surface area contributed by atoms with E-state index < -0.39 is 0 Å². The average Bonchev–Trinajstić information content (AvgIpc) is 2.99. The first-order valence-electron chi connectivity index (χ1n) is 9.48. The van der Waals surface area contributed by atoms with E-state index in [4.69, 9.17) is 4.74 Å². The number of benzene rings is 1. The number of aromatic nitrogens is 1. The maximum Gasteiger partial charge on any atom is 0.260 e. The molecular weight excluding hydrogens is 342 g/mol. The standard InChI is InChI=1S/C21H25N3O3/c1-27-18-8-5-15(6-9-18)11-23-12-16-4-7-17(14-23)24(13-16)21(26)19-3-2-10-22-20(19)25/h2-3,5-6,8-10,16-17H,4,7,11-14H2,1H3,(H,22,25). The molecular formula is C21H25N3O3. The van der Waals surface area contributed by atoms with Gasteiger partial charge in [0.2, 0.25) is 0 Å². The van der Waals surface area contributed by atoms with Gasteiger partial charge in [0.15, 0.2) is 0 Å². The molecule has 6 nitrogen and oxygen atoms in total. The Morgan fingerprint density at radius 2 is 1.96 bits per heavy atom. The number of nitrogens with zero attached hydrogens (tertiary/aromatic N) is 2. The third-order valence-corrected chi connectivity index (χ3v) is 5.66. The lowest BCUT2D eigenvalue weighted by Crippen LogP contribution is -2.48. The first-order chi connectivity index (χ1) is 13.1. The Morgan fingerprint density at radius 3 is 2.70 bits per heavy atom. The number of rotatable bonds is 4. The second-order valence-electron chi connectivity index (χ2n) is 7.51. The summed E-state index contributed by atoms with van der Waals surface area (Å²) in [5, 5.41) is 0. The number of piperidine rings is 1. The van der Waals surface area contributed by atoms with E-state index in [2.05, 4.69) is 22.0 Å². The number of carbonyl (C=O) groups excluding carboxylic acids is 1. The molecule has 0 spiro atoms. The zero-order valence-corrected chi connectivity index (χ0v) is 15.6. The van der Waals surface area contributed by atoms with E-state index in [0.717, 1.165) is 44.8 Å². The number of H-pyrrole nitrogens is 1. The second kappa shape index (κ2) is 7.56. The van der Waals surface area contributed by atoms with E-state index in [1.807, 2.05) is 17.0 Å². The SMILES string of the molecule is COc1ccc(CN2CC3CCC(C2)N(C(=O)c2ccc[nH]c2=O)C3)cc1. The lowest BCUT2D eigenvalue weighted by atomic mass is 9.94. The number of ether oxygens (including phenoxy) is 1. The Bertz CT molecular complexity index is 861. The number of methoxy groups -OCH3 is 1. The van der Waals surface area contributed by atoms with E-state index >= 15 is 0 Å². The van der Waals surface area contributed by atoms with Crippen molar-refractivity contribution in [2.24, 2.45) is 5.92 Å². The van der Waals surface area contributed by atoms with Gasteiger partial charge in [-0.15, -0.1) is 0 Å². The number of amides is 1. The monoisotopic (exact) mass is 367 g/mol. The maximum atomic E-state index is 13.0. The highest BCUT2D eigenvalue weighted by molar-refractivity contribution is 5.94. The highest BCUT2D eigenvalue weighted by Crippen LogP contribution is 2.29. The van der Waals surface area contributed by atoms with Crippen LogP contribution in [-0.4, -0.2) is 53.5 Å². The van der Waals surface area contributed by atoms with E-state index in [9.17, 15) is 9.59 Å². The lowest BCUT2D eigenvalue weighted by Gasteiger charge is -2.36. The van der Waals surface area contributed by atoms with Crippen LogP contribution in [0.1, 0.15) is 28.8 Å². The summed E-state index contributed by atoms with van der Waals surface area (Å²) in [6.45, 7) is 3.43. The van der Waals surface area contributed by atoms with Gasteiger partial charge in [0.25, 0.3) is 11.5 Å². The van der Waals surface area contributed by atoms with Gasteiger partial charge in [0.1, 0.15) is 11.3 Å². The van der Waals surface area contributed by atoms with Crippen molar-refractivity contribution in [2.75, 3.05) is 26.7 Å². The Hall–Kier alpha value is -2.60. The molecule has 6 heteroatoms. The summed E-state index contributed by atoms with van der Waals surface area (Å²) in [5.74, 6) is 1.17. The minimum Gasteiger partial charge on any atom is -0.497 e. The molecule has 142 valence electrons. The summed E-state index contributed by atoms with van der Waals surface area (Å²) in [6, 6.07) is 11.7. The molecule has 2 atom stereocenters. The molecule has 2 unspecified atom stereocenters. The number of pyridine rings is 1. The third-order valence-electron chi connectivity index (χ3n) is 5.66. The fourth-order valence-electron chi connectivity index (χ4n) is 4.29. The average molecular weight is 367 g/mol. The summed E-state index contributed by atoms with van der Waals surface area (Å²) < 4.78 is 5.23. The number of hydrogen-bond donors (Lipinski definition) is 1. The van der Waals surface area contributed by atoms with Gasteiger partial charge in [-0.2, -0.15) is 0 Å². The van der Waals surface area contributed by atoms with Gasteiger partial charge in [-0.05, 0) is 48.6 Å². The molecule has 3 aliphatic rings. The van der Waals surface area contributed by atoms with Crippen LogP contribution in [0.3, 0.4) is 0 Å². The Balaban J connectivity index is 1.49. The largest absolute Gasteiger partial charge is 0.497 e. The predicted molar refractivity (Wildman–Crippen MR) is 103 cm³/mol. The molecule has 1 amide bonds. The third kappa shape index (κ3) is 3.76. The summed E-state index contributed by atoms with van der Waals surface area (Å²) in [6.07, 6.45) is 3.70. The fraction of sp³-hybridized carbons (Fsp3) is 0.429. The molecule has 3 fully saturated rings. The first kappa shape index (κ1) is 17.8. The lowest BCUT2D eigenvalue weighted by molar-refractivity contribution is 0.0583. The van der Waals surface area contributed by atoms with Gasteiger partial charge in [-0.3, -0.25) is 14.5 Å². The molecule has 2 bridgehead atoms. The van der Waals surface area contributed by atoms with Crippen molar-refractivity contribution < 1.29 is 9.53 Å². The molecule has 5 rings (SSSR count). The molecule has 0 aliphatic carbocycles. The number of hydrogen-bond acceptors (Lipinski definition) is 4. The van der Waals surface area contributed by atoms with Gasteiger partial charge in [-0.1, -0.05) is 12.1 Å². The molecule has 0 radical (unpaired) electrons. The van der Waals surface area contributed by atoms with Gasteiger partial charge in [0.05, 0.1) is 7.11 Å². The molecule has 4 heterocycles. The number of carbonyl (C=O) groups is 1. The normalized spacial score (nSPS) is 22.5. The molecule has 2 aromatic rings. The van der Waals surface area contributed by atoms with Crippen molar-refractivity contribution in [1.29, 1.82) is 0 Å². The number of aromatic amines is 1. The number of nitrogens with one attached hydrogen (secondary N) is 1. The zero-order valence-electron chi connectivity index (χ0n) is 15.6. The molecule has 3 saturated heterocycles. The van der Waals surface area contributed by atoms with Gasteiger partial charge in [-0.25, -0.2) is 0 Å². The van der Waals surface area contributed by atoms with E-state index in [0.29, 0.717) is 5.92 Å². The van der Waals surface area contributed by atoms with Crippen molar-refractivity contribution in [1.82, 2.24) is 14.8 Å². The van der Waals surface area contributed by atoms with Crippen LogP contribution in [0, 0.1) is 5.92 Å². The van der Waals surface area contributed by atoms with Crippen LogP contribution in [0.4, 0.5) is 0 Å². The first-order valence-corrected chi connectivity index (χ1v) is 9.48. The molecule has 0 saturated carbocycles. The number of fused-ring (bicyclic) bond motifs is 4. The Morgan fingerprint density at radius 1 is 1.15 bits per heavy atom. The van der Waals surface area contributed by atoms with Crippen LogP contribution >= 0.6 is 0 Å². The minimum atomic E-state index is -0.308. The van der Waals surface area contributed by atoms with Crippen LogP contribution in [-0.2, 0) is 6.54 Å². The smallest absolute Gasteiger partial charge is 0.260 e. The van der Waals surface area contributed by atoms with Crippen LogP contribution < -0.4 is 10.3 Å². The second-order valence-corrected chi connectivity index (χ2v) is 7.51. The van der Waals surface area contributed by atoms with Crippen LogP contribution in [0.15, 0.2) is 47.4 Å². The van der Waals surface area contributed by atoms with Crippen molar-refractivity contribution in [3.63, 3.8) is 0 Å². The highest BCUT2D eigenvalue weighted by Gasteiger charge is 2.37. The molecule has 1 N–H and O–H groups in total. The highest BCUT2D eigenvalue weighted by atomic mass is 16.5. The van der Waals surface area contributed by atoms with Crippen LogP contribution in [0.5, 0.6) is 5.75 Å². The molecule has 27 heavy (non-hydrogen) atoms. The summed E-state index contributed by atoms with van der Waals surface area (Å²) in [7, 11) is 1.67. The Kier molecular flexibility index (Phi) is 4.99. The van der Waals surface area contributed by atoms with Gasteiger partial charge < -0.3 is 14.6 Å². The van der Waals surface area contributed by atoms with Crippen molar-refractivity contribution in [3.05, 3.63) is 64.1 Å². The van der Waals surface area contributed by atoms with Crippen molar-refractivity contribution in [3.8, 4) is 5.75 Å². The molecule has 3 aliphatic heterocycles. The van der Waals surface area contributed by atoms with E-state index in [-0.39, 0.29) is 23.1 Å². The van der Waals surface area contributed by atoms with Gasteiger partial charge in [0, 0.05) is 38.4 Å². The summed E-state index contributed by atoms with van der Waals surface area (Å²) in [4.78, 5) is 32.0. The quantitative estimate of drug-likeness (QED) is 0.899. The van der Waals surface area contributed by atoms with Crippen LogP contribution in [0.25, 0.3) is 0 Å². The summed E-state index contributed by atoms with van der Waals surface area (Å²) >= 11 is 0. The minimum absolute atomic E-state index is 0.141. The Labute approximate surface area is 158 Å². The van der Waals surface area contributed by atoms with E-state index in [1.54, 1.807) is 25.4 Å². The zero-order chi connectivity index (χ0) is 18.8. The summed E-state index contributed by atoms with van der Waals surface area (Å²) in [5.41, 5.74) is 1.18. The van der Waals surface area contributed by atoms with Crippen molar-refractivity contribution >= 4 is 5.91 Å². The van der Waals surface area contributed by atoms with E-state index in [1.165, 1.54) is 5.56 Å². The fourth-order valence-corrected chi connectivity index (χ4v) is 4.29. The van der Waals surface area contributed by atoms with Gasteiger partial charge >= 0.3 is 0 Å². The van der Waals surface area contributed by atoms with Crippen molar-refractivity contribution in [2.45, 2.75) is 25.4 Å².